The minimum atomic E-state index is -0.0283. The second-order valence-electron chi connectivity index (χ2n) is 4.06. The van der Waals surface area contributed by atoms with E-state index in [9.17, 15) is 4.79 Å². The summed E-state index contributed by atoms with van der Waals surface area (Å²) in [6.45, 7) is 3.20. The molecule has 0 aromatic heterocycles. The van der Waals surface area contributed by atoms with Gasteiger partial charge in [-0.1, -0.05) is 30.3 Å². The monoisotopic (exact) mass is 266 g/mol. The van der Waals surface area contributed by atoms with Gasteiger partial charge in [-0.05, 0) is 5.56 Å². The van der Waals surface area contributed by atoms with Gasteiger partial charge in [0.05, 0.1) is 26.4 Å². The van der Waals surface area contributed by atoms with Gasteiger partial charge in [0.15, 0.2) is 0 Å². The van der Waals surface area contributed by atoms with Gasteiger partial charge in [0.1, 0.15) is 0 Å². The molecule has 0 bridgehead atoms. The van der Waals surface area contributed by atoms with Crippen molar-refractivity contribution in [2.75, 3.05) is 40.0 Å². The summed E-state index contributed by atoms with van der Waals surface area (Å²) in [5, 5.41) is 5.75. The van der Waals surface area contributed by atoms with E-state index in [1.54, 1.807) is 7.11 Å². The Labute approximate surface area is 114 Å². The van der Waals surface area contributed by atoms with Gasteiger partial charge in [0.2, 0.25) is 5.91 Å². The van der Waals surface area contributed by atoms with Crippen LogP contribution in [0.25, 0.3) is 0 Å². The molecular formula is C14H22N2O3. The van der Waals surface area contributed by atoms with Crippen LogP contribution in [-0.4, -0.2) is 45.9 Å². The molecule has 5 heteroatoms. The number of hydrogen-bond donors (Lipinski definition) is 2. The molecule has 1 amide bonds. The van der Waals surface area contributed by atoms with Crippen molar-refractivity contribution in [2.24, 2.45) is 0 Å². The molecule has 0 saturated heterocycles. The molecule has 0 heterocycles. The maximum atomic E-state index is 11.4. The molecule has 19 heavy (non-hydrogen) atoms. The molecule has 5 nitrogen and oxygen atoms in total. The summed E-state index contributed by atoms with van der Waals surface area (Å²) in [6.07, 6.45) is 0. The smallest absolute Gasteiger partial charge is 0.234 e. The van der Waals surface area contributed by atoms with Crippen LogP contribution in [-0.2, 0) is 20.9 Å². The molecule has 0 radical (unpaired) electrons. The van der Waals surface area contributed by atoms with Crippen molar-refractivity contribution >= 4 is 5.91 Å². The first-order valence-electron chi connectivity index (χ1n) is 6.41. The molecule has 0 unspecified atom stereocenters. The molecule has 0 spiro atoms. The van der Waals surface area contributed by atoms with Crippen molar-refractivity contribution in [1.29, 1.82) is 0 Å². The SMILES string of the molecule is COCCNCC(=O)NCCOCc1ccccc1. The topological polar surface area (TPSA) is 59.6 Å². The Morgan fingerprint density at radius 2 is 1.95 bits per heavy atom. The number of rotatable bonds is 10. The first kappa shape index (κ1) is 15.6. The molecule has 0 aliphatic rings. The predicted molar refractivity (Wildman–Crippen MR) is 73.9 cm³/mol. The fourth-order valence-electron chi connectivity index (χ4n) is 1.47. The average molecular weight is 266 g/mol. The molecule has 0 aliphatic carbocycles. The average Bonchev–Trinajstić information content (AvgIpc) is 2.44. The molecule has 106 valence electrons. The Morgan fingerprint density at radius 3 is 2.68 bits per heavy atom. The Bertz CT molecular complexity index is 344. The summed E-state index contributed by atoms with van der Waals surface area (Å²) in [5.41, 5.74) is 1.13. The zero-order chi connectivity index (χ0) is 13.8. The van der Waals surface area contributed by atoms with Crippen molar-refractivity contribution in [3.63, 3.8) is 0 Å². The van der Waals surface area contributed by atoms with Crippen molar-refractivity contribution in [2.45, 2.75) is 6.61 Å². The lowest BCUT2D eigenvalue weighted by Crippen LogP contribution is -2.36. The Kier molecular flexibility index (Phi) is 8.63. The van der Waals surface area contributed by atoms with E-state index >= 15 is 0 Å². The molecule has 0 fully saturated rings. The summed E-state index contributed by atoms with van der Waals surface area (Å²) in [5.74, 6) is -0.0283. The molecule has 0 saturated carbocycles. The largest absolute Gasteiger partial charge is 0.383 e. The minimum Gasteiger partial charge on any atom is -0.383 e. The van der Waals surface area contributed by atoms with E-state index in [4.69, 9.17) is 9.47 Å². The van der Waals surface area contributed by atoms with E-state index in [0.717, 1.165) is 5.56 Å². The maximum Gasteiger partial charge on any atom is 0.234 e. The summed E-state index contributed by atoms with van der Waals surface area (Å²) in [7, 11) is 1.63. The van der Waals surface area contributed by atoms with Crippen molar-refractivity contribution in [1.82, 2.24) is 10.6 Å². The van der Waals surface area contributed by atoms with Crippen molar-refractivity contribution in [3.05, 3.63) is 35.9 Å². The zero-order valence-corrected chi connectivity index (χ0v) is 11.4. The lowest BCUT2D eigenvalue weighted by atomic mass is 10.2. The fourth-order valence-corrected chi connectivity index (χ4v) is 1.47. The maximum absolute atomic E-state index is 11.4. The second-order valence-corrected chi connectivity index (χ2v) is 4.06. The van der Waals surface area contributed by atoms with Crippen LogP contribution >= 0.6 is 0 Å². The van der Waals surface area contributed by atoms with Crippen LogP contribution in [0, 0.1) is 0 Å². The number of hydrogen-bond acceptors (Lipinski definition) is 4. The van der Waals surface area contributed by atoms with Crippen LogP contribution in [0.1, 0.15) is 5.56 Å². The standard InChI is InChI=1S/C14H22N2O3/c1-18-9-7-15-11-14(17)16-8-10-19-12-13-5-3-2-4-6-13/h2-6,15H,7-12H2,1H3,(H,16,17). The van der Waals surface area contributed by atoms with Crippen LogP contribution in [0.15, 0.2) is 30.3 Å². The highest BCUT2D eigenvalue weighted by Crippen LogP contribution is 1.99. The van der Waals surface area contributed by atoms with Gasteiger partial charge in [-0.25, -0.2) is 0 Å². The number of methoxy groups -OCH3 is 1. The molecule has 0 atom stereocenters. The third kappa shape index (κ3) is 8.31. The summed E-state index contributed by atoms with van der Waals surface area (Å²) < 4.78 is 10.3. The van der Waals surface area contributed by atoms with E-state index in [1.165, 1.54) is 0 Å². The molecule has 1 aromatic rings. The van der Waals surface area contributed by atoms with Crippen molar-refractivity contribution in [3.8, 4) is 0 Å². The first-order valence-corrected chi connectivity index (χ1v) is 6.41. The first-order chi connectivity index (χ1) is 9.33. The molecule has 1 aromatic carbocycles. The third-order valence-electron chi connectivity index (χ3n) is 2.45. The quantitative estimate of drug-likeness (QED) is 0.607. The highest BCUT2D eigenvalue weighted by Gasteiger charge is 1.99. The number of carbonyl (C=O) groups is 1. The summed E-state index contributed by atoms with van der Waals surface area (Å²) in [6, 6.07) is 9.95. The van der Waals surface area contributed by atoms with Gasteiger partial charge < -0.3 is 20.1 Å². The summed E-state index contributed by atoms with van der Waals surface area (Å²) in [4.78, 5) is 11.4. The van der Waals surface area contributed by atoms with Gasteiger partial charge in [0.25, 0.3) is 0 Å². The van der Waals surface area contributed by atoms with E-state index in [1.807, 2.05) is 30.3 Å². The third-order valence-corrected chi connectivity index (χ3v) is 2.45. The van der Waals surface area contributed by atoms with Gasteiger partial charge in [0, 0.05) is 20.2 Å². The van der Waals surface area contributed by atoms with Crippen LogP contribution in [0.5, 0.6) is 0 Å². The van der Waals surface area contributed by atoms with E-state index in [0.29, 0.717) is 39.5 Å². The molecule has 2 N–H and O–H groups in total. The van der Waals surface area contributed by atoms with Gasteiger partial charge in [-0.2, -0.15) is 0 Å². The fraction of sp³-hybridized carbons (Fsp3) is 0.500. The normalized spacial score (nSPS) is 10.4. The lowest BCUT2D eigenvalue weighted by molar-refractivity contribution is -0.120. The molecule has 1 rings (SSSR count). The van der Waals surface area contributed by atoms with Crippen LogP contribution in [0.2, 0.25) is 0 Å². The van der Waals surface area contributed by atoms with Crippen LogP contribution in [0.3, 0.4) is 0 Å². The highest BCUT2D eigenvalue weighted by molar-refractivity contribution is 5.77. The van der Waals surface area contributed by atoms with Crippen molar-refractivity contribution < 1.29 is 14.3 Å². The Balaban J connectivity index is 1.94. The van der Waals surface area contributed by atoms with Crippen LogP contribution in [0.4, 0.5) is 0 Å². The highest BCUT2D eigenvalue weighted by atomic mass is 16.5. The minimum absolute atomic E-state index is 0.0283. The zero-order valence-electron chi connectivity index (χ0n) is 11.4. The van der Waals surface area contributed by atoms with Gasteiger partial charge in [-0.3, -0.25) is 4.79 Å². The molecular weight excluding hydrogens is 244 g/mol. The van der Waals surface area contributed by atoms with Gasteiger partial charge in [-0.15, -0.1) is 0 Å². The number of nitrogens with one attached hydrogen (secondary N) is 2. The number of amides is 1. The Morgan fingerprint density at radius 1 is 1.16 bits per heavy atom. The second kappa shape index (κ2) is 10.5. The number of ether oxygens (including phenoxy) is 2. The van der Waals surface area contributed by atoms with E-state index in [-0.39, 0.29) is 5.91 Å². The summed E-state index contributed by atoms with van der Waals surface area (Å²) >= 11 is 0. The van der Waals surface area contributed by atoms with Gasteiger partial charge >= 0.3 is 0 Å². The Hall–Kier alpha value is -1.43. The van der Waals surface area contributed by atoms with E-state index < -0.39 is 0 Å². The molecule has 0 aliphatic heterocycles. The predicted octanol–water partition coefficient (Wildman–Crippen LogP) is 0.555. The lowest BCUT2D eigenvalue weighted by Gasteiger charge is -2.07. The van der Waals surface area contributed by atoms with Crippen LogP contribution < -0.4 is 10.6 Å². The number of benzene rings is 1. The number of carbonyl (C=O) groups excluding carboxylic acids is 1. The van der Waals surface area contributed by atoms with E-state index in [2.05, 4.69) is 10.6 Å².